The van der Waals surface area contributed by atoms with Crippen molar-refractivity contribution in [2.75, 3.05) is 20.2 Å². The molecule has 1 heterocycles. The number of ether oxygens (including phenoxy) is 1. The predicted molar refractivity (Wildman–Crippen MR) is 82.0 cm³/mol. The minimum atomic E-state index is -0.183. The number of piperidine rings is 1. The SMILES string of the molecule is COc1ccc(F)cc1CN(CC1CCCCN1)C1CC1. The van der Waals surface area contributed by atoms with Gasteiger partial charge in [0.2, 0.25) is 0 Å². The Bertz CT molecular complexity index is 470. The number of methoxy groups -OCH3 is 1. The molecule has 1 aromatic rings. The molecule has 2 aliphatic rings. The van der Waals surface area contributed by atoms with E-state index in [0.717, 1.165) is 30.9 Å². The first-order valence-electron chi connectivity index (χ1n) is 8.06. The molecule has 1 saturated heterocycles. The van der Waals surface area contributed by atoms with Crippen LogP contribution in [0.25, 0.3) is 0 Å². The Morgan fingerprint density at radius 3 is 2.81 bits per heavy atom. The summed E-state index contributed by atoms with van der Waals surface area (Å²) in [6.07, 6.45) is 6.40. The highest BCUT2D eigenvalue weighted by atomic mass is 19.1. The van der Waals surface area contributed by atoms with E-state index in [9.17, 15) is 4.39 Å². The van der Waals surface area contributed by atoms with Gasteiger partial charge in [0, 0.05) is 30.7 Å². The lowest BCUT2D eigenvalue weighted by Gasteiger charge is -2.31. The number of nitrogens with one attached hydrogen (secondary N) is 1. The molecule has 3 rings (SSSR count). The zero-order valence-corrected chi connectivity index (χ0v) is 12.8. The number of benzene rings is 1. The van der Waals surface area contributed by atoms with Crippen molar-refractivity contribution in [1.82, 2.24) is 10.2 Å². The van der Waals surface area contributed by atoms with E-state index in [2.05, 4.69) is 10.2 Å². The van der Waals surface area contributed by atoms with Gasteiger partial charge in [0.1, 0.15) is 11.6 Å². The highest BCUT2D eigenvalue weighted by molar-refractivity contribution is 5.34. The van der Waals surface area contributed by atoms with Crippen molar-refractivity contribution in [3.8, 4) is 5.75 Å². The molecule has 1 N–H and O–H groups in total. The molecule has 1 atom stereocenters. The Balaban J connectivity index is 1.68. The maximum absolute atomic E-state index is 13.5. The molecular weight excluding hydrogens is 267 g/mol. The van der Waals surface area contributed by atoms with Crippen molar-refractivity contribution in [2.45, 2.75) is 50.7 Å². The summed E-state index contributed by atoms with van der Waals surface area (Å²) in [5, 5.41) is 3.61. The van der Waals surface area contributed by atoms with Gasteiger partial charge in [0.05, 0.1) is 7.11 Å². The summed E-state index contributed by atoms with van der Waals surface area (Å²) in [4.78, 5) is 2.50. The second kappa shape index (κ2) is 6.75. The first kappa shape index (κ1) is 14.8. The zero-order chi connectivity index (χ0) is 14.7. The summed E-state index contributed by atoms with van der Waals surface area (Å²) in [6.45, 7) is 2.97. The van der Waals surface area contributed by atoms with Crippen LogP contribution in [0.15, 0.2) is 18.2 Å². The topological polar surface area (TPSA) is 24.5 Å². The summed E-state index contributed by atoms with van der Waals surface area (Å²) in [5.41, 5.74) is 0.959. The van der Waals surface area contributed by atoms with Gasteiger partial charge < -0.3 is 10.1 Å². The molecule has 4 heteroatoms. The van der Waals surface area contributed by atoms with E-state index in [1.807, 2.05) is 0 Å². The summed E-state index contributed by atoms with van der Waals surface area (Å²) >= 11 is 0. The summed E-state index contributed by atoms with van der Waals surface area (Å²) < 4.78 is 18.9. The van der Waals surface area contributed by atoms with Crippen molar-refractivity contribution in [2.24, 2.45) is 0 Å². The van der Waals surface area contributed by atoms with E-state index in [1.54, 1.807) is 19.2 Å². The Morgan fingerprint density at radius 1 is 1.29 bits per heavy atom. The third-order valence-corrected chi connectivity index (χ3v) is 4.55. The lowest BCUT2D eigenvalue weighted by molar-refractivity contribution is 0.206. The molecule has 2 fully saturated rings. The van der Waals surface area contributed by atoms with Gasteiger partial charge in [-0.15, -0.1) is 0 Å². The lowest BCUT2D eigenvalue weighted by atomic mass is 10.0. The Labute approximate surface area is 126 Å². The minimum Gasteiger partial charge on any atom is -0.496 e. The molecule has 1 aliphatic carbocycles. The van der Waals surface area contributed by atoms with E-state index in [4.69, 9.17) is 4.74 Å². The first-order valence-corrected chi connectivity index (χ1v) is 8.06. The number of nitrogens with zero attached hydrogens (tertiary/aromatic N) is 1. The van der Waals surface area contributed by atoms with Crippen LogP contribution in [0.3, 0.4) is 0 Å². The summed E-state index contributed by atoms with van der Waals surface area (Å²) in [6, 6.07) is 6.06. The van der Waals surface area contributed by atoms with Gasteiger partial charge in [0.25, 0.3) is 0 Å². The van der Waals surface area contributed by atoms with Gasteiger partial charge in [-0.25, -0.2) is 4.39 Å². The van der Waals surface area contributed by atoms with E-state index in [-0.39, 0.29) is 5.82 Å². The molecule has 1 aromatic carbocycles. The van der Waals surface area contributed by atoms with Gasteiger partial charge in [-0.1, -0.05) is 6.42 Å². The van der Waals surface area contributed by atoms with E-state index < -0.39 is 0 Å². The second-order valence-corrected chi connectivity index (χ2v) is 6.26. The normalized spacial score (nSPS) is 22.5. The minimum absolute atomic E-state index is 0.183. The molecule has 0 aromatic heterocycles. The number of halogens is 1. The van der Waals surface area contributed by atoms with Crippen LogP contribution in [0.5, 0.6) is 5.75 Å². The quantitative estimate of drug-likeness (QED) is 0.872. The monoisotopic (exact) mass is 292 g/mol. The molecule has 1 aliphatic heterocycles. The average molecular weight is 292 g/mol. The van der Waals surface area contributed by atoms with Crippen LogP contribution in [-0.2, 0) is 6.54 Å². The van der Waals surface area contributed by atoms with Crippen molar-refractivity contribution < 1.29 is 9.13 Å². The third-order valence-electron chi connectivity index (χ3n) is 4.55. The standard InChI is InChI=1S/C17H25FN2O/c1-21-17-8-5-14(18)10-13(17)11-20(16-6-7-16)12-15-4-2-3-9-19-15/h5,8,10,15-16,19H,2-4,6-7,9,11-12H2,1H3. The van der Waals surface area contributed by atoms with Gasteiger partial charge in [-0.2, -0.15) is 0 Å². The average Bonchev–Trinajstić information content (AvgIpc) is 3.33. The molecule has 1 saturated carbocycles. The fourth-order valence-corrected chi connectivity index (χ4v) is 3.23. The van der Waals surface area contributed by atoms with Crippen LogP contribution in [0.2, 0.25) is 0 Å². The molecular formula is C17H25FN2O. The smallest absolute Gasteiger partial charge is 0.123 e. The van der Waals surface area contributed by atoms with Crippen LogP contribution >= 0.6 is 0 Å². The molecule has 0 radical (unpaired) electrons. The summed E-state index contributed by atoms with van der Waals surface area (Å²) in [5.74, 6) is 0.607. The van der Waals surface area contributed by atoms with Gasteiger partial charge in [0.15, 0.2) is 0 Å². The zero-order valence-electron chi connectivity index (χ0n) is 12.8. The predicted octanol–water partition coefficient (Wildman–Crippen LogP) is 2.94. The molecule has 116 valence electrons. The maximum atomic E-state index is 13.5. The van der Waals surface area contributed by atoms with Crippen molar-refractivity contribution in [3.05, 3.63) is 29.6 Å². The lowest BCUT2D eigenvalue weighted by Crippen LogP contribution is -2.44. The summed E-state index contributed by atoms with van der Waals surface area (Å²) in [7, 11) is 1.65. The molecule has 0 bridgehead atoms. The second-order valence-electron chi connectivity index (χ2n) is 6.26. The Kier molecular flexibility index (Phi) is 4.76. The third kappa shape index (κ3) is 3.95. The fraction of sp³-hybridized carbons (Fsp3) is 0.647. The first-order chi connectivity index (χ1) is 10.3. The van der Waals surface area contributed by atoms with E-state index in [0.29, 0.717) is 12.1 Å². The van der Waals surface area contributed by atoms with Crippen molar-refractivity contribution >= 4 is 0 Å². The fourth-order valence-electron chi connectivity index (χ4n) is 3.23. The van der Waals surface area contributed by atoms with Crippen LogP contribution in [0.4, 0.5) is 4.39 Å². The largest absolute Gasteiger partial charge is 0.496 e. The molecule has 0 amide bonds. The van der Waals surface area contributed by atoms with Crippen LogP contribution < -0.4 is 10.1 Å². The van der Waals surface area contributed by atoms with Gasteiger partial charge in [-0.3, -0.25) is 4.90 Å². The van der Waals surface area contributed by atoms with Crippen molar-refractivity contribution in [3.63, 3.8) is 0 Å². The number of hydrogen-bond acceptors (Lipinski definition) is 3. The van der Waals surface area contributed by atoms with Crippen LogP contribution in [0.1, 0.15) is 37.7 Å². The molecule has 21 heavy (non-hydrogen) atoms. The van der Waals surface area contributed by atoms with E-state index >= 15 is 0 Å². The highest BCUT2D eigenvalue weighted by Gasteiger charge is 2.31. The molecule has 3 nitrogen and oxygen atoms in total. The molecule has 1 unspecified atom stereocenters. The van der Waals surface area contributed by atoms with Gasteiger partial charge in [-0.05, 0) is 50.4 Å². The molecule has 0 spiro atoms. The van der Waals surface area contributed by atoms with E-state index in [1.165, 1.54) is 38.2 Å². The number of rotatable bonds is 6. The Hall–Kier alpha value is -1.13. The number of hydrogen-bond donors (Lipinski definition) is 1. The van der Waals surface area contributed by atoms with Crippen LogP contribution in [-0.4, -0.2) is 37.2 Å². The van der Waals surface area contributed by atoms with Crippen molar-refractivity contribution in [1.29, 1.82) is 0 Å². The Morgan fingerprint density at radius 2 is 2.14 bits per heavy atom. The van der Waals surface area contributed by atoms with Gasteiger partial charge >= 0.3 is 0 Å². The maximum Gasteiger partial charge on any atom is 0.123 e. The van der Waals surface area contributed by atoms with Crippen LogP contribution in [0, 0.1) is 5.82 Å². The highest BCUT2D eigenvalue weighted by Crippen LogP contribution is 2.31.